The van der Waals surface area contributed by atoms with Gasteiger partial charge in [0.2, 0.25) is 0 Å². The van der Waals surface area contributed by atoms with E-state index < -0.39 is 4.92 Å². The van der Waals surface area contributed by atoms with E-state index in [1.807, 2.05) is 30.7 Å². The van der Waals surface area contributed by atoms with Crippen molar-refractivity contribution in [3.8, 4) is 5.75 Å². The lowest BCUT2D eigenvalue weighted by Gasteiger charge is -2.03. The second kappa shape index (κ2) is 6.00. The molecular weight excluding hydrogens is 242 g/mol. The zero-order valence-electron chi connectivity index (χ0n) is 10.6. The molecular formula is C15H14NO3. The second-order valence-electron chi connectivity index (χ2n) is 4.10. The zero-order chi connectivity index (χ0) is 13.7. The highest BCUT2D eigenvalue weighted by Crippen LogP contribution is 2.16. The molecule has 0 atom stereocenters. The Hall–Kier alpha value is -2.36. The molecule has 0 aliphatic heterocycles. The number of non-ortho nitro benzene ring substituents is 1. The summed E-state index contributed by atoms with van der Waals surface area (Å²) < 4.78 is 5.09. The molecule has 0 aliphatic carbocycles. The minimum absolute atomic E-state index is 0.113. The summed E-state index contributed by atoms with van der Waals surface area (Å²) in [6.07, 6.45) is 2.81. The predicted molar refractivity (Wildman–Crippen MR) is 73.2 cm³/mol. The Morgan fingerprint density at radius 2 is 1.74 bits per heavy atom. The smallest absolute Gasteiger partial charge is 0.269 e. The Morgan fingerprint density at radius 1 is 1.11 bits per heavy atom. The lowest BCUT2D eigenvalue weighted by atomic mass is 10.0. The fourth-order valence-corrected chi connectivity index (χ4v) is 1.73. The molecule has 0 fully saturated rings. The van der Waals surface area contributed by atoms with E-state index >= 15 is 0 Å². The maximum Gasteiger partial charge on any atom is 0.269 e. The molecule has 97 valence electrons. The van der Waals surface area contributed by atoms with Gasteiger partial charge in [0.1, 0.15) is 5.75 Å². The zero-order valence-corrected chi connectivity index (χ0v) is 10.6. The molecule has 4 nitrogen and oxygen atoms in total. The van der Waals surface area contributed by atoms with Crippen LogP contribution in [0.15, 0.2) is 48.5 Å². The summed E-state index contributed by atoms with van der Waals surface area (Å²) in [5, 5.41) is 10.5. The first-order chi connectivity index (χ1) is 9.19. The molecule has 0 bridgehead atoms. The molecule has 2 aromatic rings. The van der Waals surface area contributed by atoms with Crippen molar-refractivity contribution in [3.05, 3.63) is 76.2 Å². The maximum absolute atomic E-state index is 10.5. The van der Waals surface area contributed by atoms with Crippen LogP contribution in [0, 0.1) is 16.5 Å². The van der Waals surface area contributed by atoms with Crippen LogP contribution in [0.5, 0.6) is 5.75 Å². The third-order valence-corrected chi connectivity index (χ3v) is 2.84. The number of methoxy groups -OCH3 is 1. The van der Waals surface area contributed by atoms with Gasteiger partial charge in [-0.1, -0.05) is 24.3 Å². The van der Waals surface area contributed by atoms with Gasteiger partial charge in [-0.3, -0.25) is 10.1 Å². The molecule has 19 heavy (non-hydrogen) atoms. The van der Waals surface area contributed by atoms with Crippen LogP contribution in [0.1, 0.15) is 11.1 Å². The van der Waals surface area contributed by atoms with Crippen LogP contribution in [0.4, 0.5) is 5.69 Å². The van der Waals surface area contributed by atoms with Crippen LogP contribution in [0.25, 0.3) is 0 Å². The molecule has 0 N–H and O–H groups in total. The van der Waals surface area contributed by atoms with Crippen molar-refractivity contribution in [2.24, 2.45) is 0 Å². The van der Waals surface area contributed by atoms with Gasteiger partial charge < -0.3 is 4.74 Å². The van der Waals surface area contributed by atoms with E-state index in [1.165, 1.54) is 17.7 Å². The standard InChI is InChI=1S/C15H14NO3/c1-19-15-10-6-13(7-11-15)3-2-12-4-8-14(9-5-12)16(17)18/h2,4-11H,3H2,1H3. The Morgan fingerprint density at radius 3 is 2.26 bits per heavy atom. The predicted octanol–water partition coefficient (Wildman–Crippen LogP) is 3.40. The van der Waals surface area contributed by atoms with Crippen molar-refractivity contribution >= 4 is 5.69 Å². The first-order valence-electron chi connectivity index (χ1n) is 5.89. The first kappa shape index (κ1) is 13.1. The minimum Gasteiger partial charge on any atom is -0.497 e. The van der Waals surface area contributed by atoms with Gasteiger partial charge in [0.05, 0.1) is 12.0 Å². The van der Waals surface area contributed by atoms with E-state index in [9.17, 15) is 10.1 Å². The minimum atomic E-state index is -0.396. The van der Waals surface area contributed by atoms with Gasteiger partial charge in [-0.25, -0.2) is 0 Å². The monoisotopic (exact) mass is 256 g/mol. The topological polar surface area (TPSA) is 52.4 Å². The SMILES string of the molecule is COc1ccc(C[CH]c2ccc([N+](=O)[O-])cc2)cc1. The third kappa shape index (κ3) is 3.55. The van der Waals surface area contributed by atoms with Crippen molar-refractivity contribution in [3.63, 3.8) is 0 Å². The van der Waals surface area contributed by atoms with E-state index in [-0.39, 0.29) is 5.69 Å². The number of hydrogen-bond acceptors (Lipinski definition) is 3. The van der Waals surface area contributed by atoms with Crippen LogP contribution in [0.2, 0.25) is 0 Å². The Kier molecular flexibility index (Phi) is 4.13. The molecule has 0 saturated carbocycles. The summed E-state index contributed by atoms with van der Waals surface area (Å²) in [5.74, 6) is 0.832. The highest BCUT2D eigenvalue weighted by Gasteiger charge is 2.04. The van der Waals surface area contributed by atoms with Gasteiger partial charge in [0.25, 0.3) is 5.69 Å². The Bertz CT molecular complexity index is 547. The Balaban J connectivity index is 1.95. The van der Waals surface area contributed by atoms with Crippen molar-refractivity contribution < 1.29 is 9.66 Å². The van der Waals surface area contributed by atoms with E-state index in [1.54, 1.807) is 19.2 Å². The lowest BCUT2D eigenvalue weighted by molar-refractivity contribution is -0.384. The number of ether oxygens (including phenoxy) is 1. The summed E-state index contributed by atoms with van der Waals surface area (Å²) in [6, 6.07) is 14.4. The quantitative estimate of drug-likeness (QED) is 0.608. The average Bonchev–Trinajstić information content (AvgIpc) is 2.46. The van der Waals surface area contributed by atoms with Gasteiger partial charge in [0, 0.05) is 12.1 Å². The number of nitrogens with zero attached hydrogens (tertiary/aromatic N) is 1. The van der Waals surface area contributed by atoms with Crippen molar-refractivity contribution in [1.82, 2.24) is 0 Å². The van der Waals surface area contributed by atoms with Crippen molar-refractivity contribution in [2.45, 2.75) is 6.42 Å². The molecule has 0 heterocycles. The molecule has 1 radical (unpaired) electrons. The first-order valence-corrected chi connectivity index (χ1v) is 5.89. The summed E-state index contributed by atoms with van der Waals surface area (Å²) in [5.41, 5.74) is 2.25. The number of benzene rings is 2. The van der Waals surface area contributed by atoms with Crippen LogP contribution >= 0.6 is 0 Å². The van der Waals surface area contributed by atoms with Crippen molar-refractivity contribution in [2.75, 3.05) is 7.11 Å². The fraction of sp³-hybridized carbons (Fsp3) is 0.133. The molecule has 0 aliphatic rings. The molecule has 0 aromatic heterocycles. The van der Waals surface area contributed by atoms with Crippen LogP contribution < -0.4 is 4.74 Å². The summed E-state index contributed by atoms with van der Waals surface area (Å²) >= 11 is 0. The van der Waals surface area contributed by atoms with Gasteiger partial charge >= 0.3 is 0 Å². The van der Waals surface area contributed by atoms with Gasteiger partial charge in [-0.15, -0.1) is 0 Å². The molecule has 2 aromatic carbocycles. The van der Waals surface area contributed by atoms with Crippen LogP contribution in [-0.4, -0.2) is 12.0 Å². The number of nitro benzene ring substituents is 1. The Labute approximate surface area is 111 Å². The molecule has 0 saturated heterocycles. The molecule has 0 amide bonds. The second-order valence-corrected chi connectivity index (χ2v) is 4.10. The largest absolute Gasteiger partial charge is 0.497 e. The average molecular weight is 256 g/mol. The maximum atomic E-state index is 10.5. The molecule has 2 rings (SSSR count). The van der Waals surface area contributed by atoms with E-state index in [0.717, 1.165) is 17.7 Å². The van der Waals surface area contributed by atoms with E-state index in [4.69, 9.17) is 4.74 Å². The lowest BCUT2D eigenvalue weighted by Crippen LogP contribution is -1.91. The third-order valence-electron chi connectivity index (χ3n) is 2.84. The number of rotatable bonds is 5. The van der Waals surface area contributed by atoms with E-state index in [0.29, 0.717) is 0 Å². The normalized spacial score (nSPS) is 10.2. The number of nitro groups is 1. The number of hydrogen-bond donors (Lipinski definition) is 0. The fourth-order valence-electron chi connectivity index (χ4n) is 1.73. The summed E-state index contributed by atoms with van der Waals surface area (Å²) in [6.45, 7) is 0. The summed E-state index contributed by atoms with van der Waals surface area (Å²) in [7, 11) is 1.64. The highest BCUT2D eigenvalue weighted by molar-refractivity contribution is 5.37. The van der Waals surface area contributed by atoms with Gasteiger partial charge in [-0.2, -0.15) is 0 Å². The van der Waals surface area contributed by atoms with Gasteiger partial charge in [-0.05, 0) is 36.1 Å². The summed E-state index contributed by atoms with van der Waals surface area (Å²) in [4.78, 5) is 10.1. The van der Waals surface area contributed by atoms with Crippen LogP contribution in [-0.2, 0) is 6.42 Å². The molecule has 4 heteroatoms. The highest BCUT2D eigenvalue weighted by atomic mass is 16.6. The van der Waals surface area contributed by atoms with E-state index in [2.05, 4.69) is 0 Å². The molecule has 0 unspecified atom stereocenters. The molecule has 0 spiro atoms. The van der Waals surface area contributed by atoms with Crippen molar-refractivity contribution in [1.29, 1.82) is 0 Å². The van der Waals surface area contributed by atoms with Gasteiger partial charge in [0.15, 0.2) is 0 Å². The van der Waals surface area contributed by atoms with Crippen LogP contribution in [0.3, 0.4) is 0 Å².